The lowest BCUT2D eigenvalue weighted by molar-refractivity contribution is -0.384. The van der Waals surface area contributed by atoms with Gasteiger partial charge in [-0.15, -0.1) is 23.2 Å². The average Bonchev–Trinajstić information content (AvgIpc) is 3.84. The van der Waals surface area contributed by atoms with Crippen LogP contribution < -0.4 is 0 Å². The normalized spacial score (nSPS) is 33.9. The number of nitro benzene ring substituents is 1. The van der Waals surface area contributed by atoms with Gasteiger partial charge in [-0.05, 0) is 116 Å². The molecule has 23 heteroatoms. The van der Waals surface area contributed by atoms with Crippen molar-refractivity contribution in [3.8, 4) is 0 Å². The van der Waals surface area contributed by atoms with Crippen LogP contribution in [-0.4, -0.2) is 161 Å². The number of non-ortho nitro benzene ring substituents is 1. The summed E-state index contributed by atoms with van der Waals surface area (Å²) in [5.74, 6) is -1.63. The second-order valence-corrected chi connectivity index (χ2v) is 23.7. The summed E-state index contributed by atoms with van der Waals surface area (Å²) in [5.41, 5.74) is -0.116. The molecule has 0 aromatic heterocycles. The molecule has 0 radical (unpaired) electrons. The summed E-state index contributed by atoms with van der Waals surface area (Å²) in [4.78, 5) is 72.3. The zero-order valence-corrected chi connectivity index (χ0v) is 46.7. The number of aliphatic hydroxyl groups excluding tert-OH is 2. The zero-order chi connectivity index (χ0) is 53.3. The number of fused-ring (bicyclic) bond motifs is 4. The van der Waals surface area contributed by atoms with Crippen molar-refractivity contribution in [2.75, 3.05) is 14.2 Å². The number of rotatable bonds is 21. The van der Waals surface area contributed by atoms with E-state index in [0.717, 1.165) is 7.16 Å². The van der Waals surface area contributed by atoms with Crippen LogP contribution in [-0.2, 0) is 61.8 Å². The Morgan fingerprint density at radius 3 is 1.60 bits per heavy atom. The predicted octanol–water partition coefficient (Wildman–Crippen LogP) is 7.13. The van der Waals surface area contributed by atoms with Gasteiger partial charge in [0.05, 0.1) is 74.2 Å². The topological polar surface area (TPSA) is 252 Å². The van der Waals surface area contributed by atoms with Crippen molar-refractivity contribution in [3.63, 3.8) is 0 Å². The van der Waals surface area contributed by atoms with Gasteiger partial charge in [-0.25, -0.2) is 4.79 Å². The van der Waals surface area contributed by atoms with Gasteiger partial charge in [-0.3, -0.25) is 29.3 Å². The first-order chi connectivity index (χ1) is 34.6. The predicted molar refractivity (Wildman–Crippen MR) is 280 cm³/mol. The van der Waals surface area contributed by atoms with Crippen LogP contribution in [0.3, 0.4) is 0 Å². The summed E-state index contributed by atoms with van der Waals surface area (Å²) in [6, 6.07) is 4.93. The van der Waals surface area contributed by atoms with Gasteiger partial charge in [0.15, 0.2) is 6.10 Å². The van der Waals surface area contributed by atoms with Crippen molar-refractivity contribution in [1.82, 2.24) is 0 Å². The SMILES string of the molecule is C=C(I)C[C@H](Cl)CCC(=O)C[C@H]1O[C@@H]2C(O[C@H]3CC[C@H](CC(=O)OC)O[C@@H]3[C@@H]2O)[C@H]1C.C=C(I)C[C@H](Cl)CCC(=O)C[C@H]1O[C@@H]2C(O[C@H]3CC[C@H](CC(=O)OC)O[C@@H]3[C@@H]2O)[C@H]1OC(=O)c1ccc([N+](=O)[O-])cc1. The molecule has 6 aliphatic heterocycles. The Kier molecular flexibility index (Phi) is 22.7. The Morgan fingerprint density at radius 2 is 1.14 bits per heavy atom. The number of hydrogen-bond donors (Lipinski definition) is 2. The number of esters is 3. The van der Waals surface area contributed by atoms with Crippen molar-refractivity contribution >= 4 is 104 Å². The molecule has 6 aliphatic rings. The molecule has 0 saturated carbocycles. The molecular weight excluding hydrogens is 1230 g/mol. The third-order valence-electron chi connectivity index (χ3n) is 14.1. The molecule has 0 spiro atoms. The van der Waals surface area contributed by atoms with Crippen molar-refractivity contribution < 1.29 is 81.7 Å². The fourth-order valence-corrected chi connectivity index (χ4v) is 12.5. The fourth-order valence-electron chi connectivity index (χ4n) is 10.3. The lowest BCUT2D eigenvalue weighted by Gasteiger charge is -2.46. The van der Waals surface area contributed by atoms with Gasteiger partial charge in [0.25, 0.3) is 5.69 Å². The van der Waals surface area contributed by atoms with E-state index in [1.807, 2.05) is 6.92 Å². The van der Waals surface area contributed by atoms with E-state index >= 15 is 0 Å². The molecule has 6 fully saturated rings. The molecule has 7 rings (SSSR count). The number of benzene rings is 1. The maximum Gasteiger partial charge on any atom is 0.338 e. The first-order valence-corrected chi connectivity index (χ1v) is 27.5. The molecule has 0 aliphatic carbocycles. The van der Waals surface area contributed by atoms with E-state index in [1.54, 1.807) is 0 Å². The summed E-state index contributed by atoms with van der Waals surface area (Å²) < 4.78 is 53.9. The number of methoxy groups -OCH3 is 2. The zero-order valence-electron chi connectivity index (χ0n) is 40.9. The first-order valence-electron chi connectivity index (χ1n) is 24.5. The molecule has 0 amide bonds. The summed E-state index contributed by atoms with van der Waals surface area (Å²) in [7, 11) is 2.64. The highest BCUT2D eigenvalue weighted by Crippen LogP contribution is 2.44. The van der Waals surface area contributed by atoms with Crippen LogP contribution in [0.1, 0.15) is 107 Å². The summed E-state index contributed by atoms with van der Waals surface area (Å²) >= 11 is 16.8. The second kappa shape index (κ2) is 27.8. The smallest absolute Gasteiger partial charge is 0.338 e. The molecular formula is C50H65Cl2I2NO18. The highest BCUT2D eigenvalue weighted by atomic mass is 127. The minimum Gasteiger partial charge on any atom is -0.469 e. The minimum absolute atomic E-state index is 0.0155. The summed E-state index contributed by atoms with van der Waals surface area (Å²) in [6.07, 6.45) is -4.45. The molecule has 19 nitrogen and oxygen atoms in total. The van der Waals surface area contributed by atoms with Gasteiger partial charge < -0.3 is 52.8 Å². The Labute approximate surface area is 461 Å². The number of carbonyl (C=O) groups is 5. The number of hydrogen-bond acceptors (Lipinski definition) is 18. The second-order valence-electron chi connectivity index (χ2n) is 19.4. The van der Waals surface area contributed by atoms with Crippen LogP contribution >= 0.6 is 68.4 Å². The molecule has 18 atom stereocenters. The fraction of sp³-hybridized carbons (Fsp3) is 0.700. The van der Waals surface area contributed by atoms with Gasteiger partial charge in [0.1, 0.15) is 60.4 Å². The number of nitrogens with zero attached hydrogens (tertiary/aromatic N) is 1. The van der Waals surface area contributed by atoms with Crippen LogP contribution in [0.5, 0.6) is 0 Å². The largest absolute Gasteiger partial charge is 0.469 e. The third kappa shape index (κ3) is 16.3. The number of Topliss-reactive ketones (excluding diaryl/α,β-unsaturated/α-hetero) is 2. The van der Waals surface area contributed by atoms with E-state index in [4.69, 9.17) is 65.8 Å². The Morgan fingerprint density at radius 1 is 0.685 bits per heavy atom. The molecule has 0 bridgehead atoms. The number of nitro groups is 1. The minimum atomic E-state index is -1.18. The Hall–Kier alpha value is -2.43. The van der Waals surface area contributed by atoms with E-state index in [0.29, 0.717) is 57.8 Å². The number of aliphatic hydroxyl groups is 2. The van der Waals surface area contributed by atoms with Gasteiger partial charge in [0, 0.05) is 54.5 Å². The number of alkyl halides is 2. The van der Waals surface area contributed by atoms with Crippen molar-refractivity contribution in [3.05, 3.63) is 60.3 Å². The van der Waals surface area contributed by atoms with Crippen LogP contribution in [0.4, 0.5) is 5.69 Å². The van der Waals surface area contributed by atoms with Gasteiger partial charge in [-0.1, -0.05) is 20.1 Å². The standard InChI is InChI=1S/C28H33ClINO11.C22H32ClIO7/c1-14(30)11-16(29)5-8-18(32)12-21-25(42-28(35)15-3-6-17(7-4-15)31(36)37)27-26(41-21)23(34)24-20(40-27)10-9-19(39-24)13-22(33)38-2;1-11(24)8-13(23)4-5-14(25)9-17-12(2)20-22(31-17)19(27)21-16(30-20)7-6-15(29-21)10-18(26)28-3/h3-4,6-7,16,19-21,23-27,34H,1,5,8-13H2,2H3;12-13,15-17,19-22,27H,1,4-10H2,2-3H3/t16-,19-,20+,21-,23+,24+,25+,26+,27?;12-,13+,15+,16-,17+,19-,20?,21-,22-/m10/s1. The third-order valence-corrected chi connectivity index (χ3v) is 15.7. The molecule has 1 aromatic carbocycles. The van der Waals surface area contributed by atoms with E-state index in [9.17, 15) is 44.3 Å². The van der Waals surface area contributed by atoms with Crippen molar-refractivity contribution in [2.24, 2.45) is 5.92 Å². The number of carbonyl (C=O) groups excluding carboxylic acids is 5. The van der Waals surface area contributed by atoms with Crippen LogP contribution in [0, 0.1) is 16.0 Å². The maximum absolute atomic E-state index is 13.1. The molecule has 73 heavy (non-hydrogen) atoms. The van der Waals surface area contributed by atoms with Crippen molar-refractivity contribution in [1.29, 1.82) is 0 Å². The van der Waals surface area contributed by atoms with Crippen LogP contribution in [0.15, 0.2) is 44.6 Å². The molecule has 2 N–H and O–H groups in total. The highest BCUT2D eigenvalue weighted by Gasteiger charge is 2.59. The van der Waals surface area contributed by atoms with E-state index in [2.05, 4.69) is 58.3 Å². The number of halogens is 4. The molecule has 6 saturated heterocycles. The Balaban J connectivity index is 0.000000249. The number of allylic oxidation sites excluding steroid dienone is 2. The maximum atomic E-state index is 13.1. The molecule has 1 aromatic rings. The molecule has 6 heterocycles. The first kappa shape index (κ1) is 59.8. The highest BCUT2D eigenvalue weighted by molar-refractivity contribution is 14.1. The van der Waals surface area contributed by atoms with Gasteiger partial charge in [0.2, 0.25) is 0 Å². The number of ether oxygens (including phenoxy) is 9. The number of ketones is 2. The van der Waals surface area contributed by atoms with Crippen LogP contribution in [0.2, 0.25) is 0 Å². The summed E-state index contributed by atoms with van der Waals surface area (Å²) in [5, 5.41) is 32.9. The van der Waals surface area contributed by atoms with E-state index in [1.165, 1.54) is 38.5 Å². The van der Waals surface area contributed by atoms with Gasteiger partial charge in [-0.2, -0.15) is 0 Å². The average molecular weight is 1290 g/mol. The van der Waals surface area contributed by atoms with E-state index in [-0.39, 0.29) is 102 Å². The Bertz CT molecular complexity index is 2140. The molecule has 406 valence electrons. The molecule has 2 unspecified atom stereocenters. The quantitative estimate of drug-likeness (QED) is 0.0310. The van der Waals surface area contributed by atoms with Crippen LogP contribution in [0.25, 0.3) is 0 Å². The lowest BCUT2D eigenvalue weighted by atomic mass is 9.85. The van der Waals surface area contributed by atoms with Crippen molar-refractivity contribution in [2.45, 2.75) is 199 Å². The van der Waals surface area contributed by atoms with E-state index < -0.39 is 84.0 Å². The van der Waals surface area contributed by atoms with Gasteiger partial charge >= 0.3 is 17.9 Å². The monoisotopic (exact) mass is 1290 g/mol. The lowest BCUT2D eigenvalue weighted by Crippen LogP contribution is -2.61. The summed E-state index contributed by atoms with van der Waals surface area (Å²) in [6.45, 7) is 9.68.